The summed E-state index contributed by atoms with van der Waals surface area (Å²) >= 11 is 6.44. The Kier molecular flexibility index (Phi) is 5.90. The van der Waals surface area contributed by atoms with Crippen LogP contribution in [0.3, 0.4) is 0 Å². The van der Waals surface area contributed by atoms with Crippen LogP contribution in [-0.4, -0.2) is 26.8 Å². The van der Waals surface area contributed by atoms with Gasteiger partial charge in [0, 0.05) is 6.54 Å². The minimum absolute atomic E-state index is 0.369. The number of rotatable bonds is 5. The third kappa shape index (κ3) is 4.05. The van der Waals surface area contributed by atoms with Crippen molar-refractivity contribution in [3.63, 3.8) is 0 Å². The first-order chi connectivity index (χ1) is 12.4. The lowest BCUT2D eigenvalue weighted by atomic mass is 10.0. The van der Waals surface area contributed by atoms with Gasteiger partial charge >= 0.3 is 0 Å². The van der Waals surface area contributed by atoms with E-state index in [0.29, 0.717) is 11.4 Å². The van der Waals surface area contributed by atoms with Gasteiger partial charge in [0.25, 0.3) is 0 Å². The van der Waals surface area contributed by atoms with Crippen LogP contribution in [0, 0.1) is 0 Å². The van der Waals surface area contributed by atoms with E-state index in [1.807, 2.05) is 18.2 Å². The molecule has 0 spiro atoms. The molecule has 0 atom stereocenters. The Morgan fingerprint density at radius 2 is 1.77 bits per heavy atom. The molecule has 2 aromatic carbocycles. The van der Waals surface area contributed by atoms with E-state index in [4.69, 9.17) is 11.6 Å². The van der Waals surface area contributed by atoms with E-state index in [-0.39, 0.29) is 0 Å². The maximum atomic E-state index is 12.2. The first-order valence-electron chi connectivity index (χ1n) is 8.97. The van der Waals surface area contributed by atoms with Gasteiger partial charge in [0.2, 0.25) is 0 Å². The third-order valence-corrected chi connectivity index (χ3v) is 7.31. The predicted molar refractivity (Wildman–Crippen MR) is 108 cm³/mol. The second-order valence-corrected chi connectivity index (χ2v) is 9.81. The van der Waals surface area contributed by atoms with Crippen molar-refractivity contribution < 1.29 is 8.42 Å². The van der Waals surface area contributed by atoms with Gasteiger partial charge in [0.1, 0.15) is 0 Å². The van der Waals surface area contributed by atoms with Gasteiger partial charge in [0.15, 0.2) is 9.84 Å². The molecule has 26 heavy (non-hydrogen) atoms. The van der Waals surface area contributed by atoms with Crippen molar-refractivity contribution in [3.05, 3.63) is 58.1 Å². The highest BCUT2D eigenvalue weighted by molar-refractivity contribution is 7.92. The lowest BCUT2D eigenvalue weighted by molar-refractivity contribution is 0.587. The zero-order valence-electron chi connectivity index (χ0n) is 15.2. The Labute approximate surface area is 160 Å². The molecule has 0 radical (unpaired) electrons. The number of benzene rings is 2. The number of anilines is 1. The van der Waals surface area contributed by atoms with Gasteiger partial charge < -0.3 is 10.6 Å². The van der Waals surface area contributed by atoms with Crippen LogP contribution in [0.15, 0.2) is 41.3 Å². The van der Waals surface area contributed by atoms with Crippen LogP contribution in [0.5, 0.6) is 0 Å². The molecule has 0 fully saturated rings. The Bertz CT molecular complexity index is 877. The zero-order chi connectivity index (χ0) is 18.7. The summed E-state index contributed by atoms with van der Waals surface area (Å²) in [5.41, 5.74) is 4.63. The van der Waals surface area contributed by atoms with E-state index in [1.165, 1.54) is 11.1 Å². The van der Waals surface area contributed by atoms with Crippen LogP contribution in [0.4, 0.5) is 5.69 Å². The van der Waals surface area contributed by atoms with Gasteiger partial charge in [-0.3, -0.25) is 0 Å². The first-order valence-corrected chi connectivity index (χ1v) is 10.9. The number of sulfone groups is 1. The predicted octanol–water partition coefficient (Wildman–Crippen LogP) is 3.82. The van der Waals surface area contributed by atoms with Crippen molar-refractivity contribution in [1.82, 2.24) is 5.32 Å². The quantitative estimate of drug-likeness (QED) is 0.812. The molecule has 6 heteroatoms. The molecule has 2 aromatic rings. The van der Waals surface area contributed by atoms with Gasteiger partial charge in [0.05, 0.1) is 20.9 Å². The molecule has 0 aromatic heterocycles. The molecule has 140 valence electrons. The maximum absolute atomic E-state index is 12.2. The fraction of sp³-hybridized carbons (Fsp3) is 0.400. The van der Waals surface area contributed by atoms with Crippen molar-refractivity contribution in [3.8, 4) is 0 Å². The number of fused-ring (bicyclic) bond motifs is 1. The van der Waals surface area contributed by atoms with Crippen molar-refractivity contribution in [2.45, 2.75) is 43.4 Å². The molecule has 3 rings (SSSR count). The summed E-state index contributed by atoms with van der Waals surface area (Å²) in [6.45, 7) is 5.93. The molecule has 1 aliphatic heterocycles. The van der Waals surface area contributed by atoms with Gasteiger partial charge in [-0.1, -0.05) is 29.8 Å². The highest BCUT2D eigenvalue weighted by atomic mass is 35.5. The van der Waals surface area contributed by atoms with Crippen molar-refractivity contribution in [2.75, 3.05) is 18.4 Å². The summed E-state index contributed by atoms with van der Waals surface area (Å²) in [5, 5.41) is 7.18. The first kappa shape index (κ1) is 19.2. The summed E-state index contributed by atoms with van der Waals surface area (Å²) in [6, 6.07) is 11.2. The van der Waals surface area contributed by atoms with Crippen LogP contribution in [0.2, 0.25) is 5.02 Å². The van der Waals surface area contributed by atoms with Crippen LogP contribution in [0.1, 0.15) is 30.5 Å². The van der Waals surface area contributed by atoms with E-state index >= 15 is 0 Å². The van der Waals surface area contributed by atoms with Crippen molar-refractivity contribution >= 4 is 27.1 Å². The molecule has 0 saturated heterocycles. The van der Waals surface area contributed by atoms with E-state index in [2.05, 4.69) is 16.7 Å². The minimum atomic E-state index is -3.23. The van der Waals surface area contributed by atoms with Gasteiger partial charge in [-0.15, -0.1) is 0 Å². The smallest absolute Gasteiger partial charge is 0.180 e. The topological polar surface area (TPSA) is 58.2 Å². The summed E-state index contributed by atoms with van der Waals surface area (Å²) in [4.78, 5) is 0.369. The molecule has 0 saturated carbocycles. The van der Waals surface area contributed by atoms with Gasteiger partial charge in [-0.25, -0.2) is 8.42 Å². The van der Waals surface area contributed by atoms with Gasteiger partial charge in [-0.05, 0) is 74.7 Å². The Hall–Kier alpha value is -1.56. The second-order valence-electron chi connectivity index (χ2n) is 6.90. The summed E-state index contributed by atoms with van der Waals surface area (Å²) in [6.07, 6.45) is 1.95. The number of hydrogen-bond acceptors (Lipinski definition) is 4. The second kappa shape index (κ2) is 7.99. The standard InChI is InChI=1S/C20H25ClN2O2S/c1-14(2)26(24,25)17-6-3-15(4-7-17)13-23-20-18-10-12-22-11-9-16(18)5-8-19(20)21/h3-8,14,22-23H,9-13H2,1-2H3. The number of hydrogen-bond donors (Lipinski definition) is 2. The van der Waals surface area contributed by atoms with E-state index in [9.17, 15) is 8.42 Å². The van der Waals surface area contributed by atoms with E-state index in [1.54, 1.807) is 26.0 Å². The molecule has 0 aliphatic carbocycles. The SMILES string of the molecule is CC(C)S(=O)(=O)c1ccc(CNc2c(Cl)ccc3c2CCNCC3)cc1. The fourth-order valence-corrected chi connectivity index (χ4v) is 4.50. The maximum Gasteiger partial charge on any atom is 0.180 e. The van der Waals surface area contributed by atoms with Crippen molar-refractivity contribution in [2.24, 2.45) is 0 Å². The minimum Gasteiger partial charge on any atom is -0.380 e. The molecule has 0 unspecified atom stereocenters. The average Bonchev–Trinajstić information content (AvgIpc) is 2.86. The van der Waals surface area contributed by atoms with Gasteiger partial charge in [-0.2, -0.15) is 0 Å². The largest absolute Gasteiger partial charge is 0.380 e. The average molecular weight is 393 g/mol. The Balaban J connectivity index is 1.78. The van der Waals surface area contributed by atoms with Crippen molar-refractivity contribution in [1.29, 1.82) is 0 Å². The monoisotopic (exact) mass is 392 g/mol. The highest BCUT2D eigenvalue weighted by Gasteiger charge is 2.19. The van der Waals surface area contributed by atoms with Crippen LogP contribution in [-0.2, 0) is 29.2 Å². The number of halogens is 1. The summed E-state index contributed by atoms with van der Waals surface area (Å²) in [7, 11) is -3.23. The third-order valence-electron chi connectivity index (χ3n) is 4.82. The van der Waals surface area contributed by atoms with Crippen LogP contribution in [0.25, 0.3) is 0 Å². The molecule has 4 nitrogen and oxygen atoms in total. The molecule has 2 N–H and O–H groups in total. The van der Waals surface area contributed by atoms with Crippen LogP contribution >= 0.6 is 11.6 Å². The lowest BCUT2D eigenvalue weighted by Crippen LogP contribution is -2.16. The molecular weight excluding hydrogens is 368 g/mol. The molecular formula is C20H25ClN2O2S. The molecule has 0 amide bonds. The fourth-order valence-electron chi connectivity index (χ4n) is 3.19. The van der Waals surface area contributed by atoms with E-state index < -0.39 is 15.1 Å². The zero-order valence-corrected chi connectivity index (χ0v) is 16.8. The Morgan fingerprint density at radius 3 is 2.46 bits per heavy atom. The summed E-state index contributed by atoms with van der Waals surface area (Å²) < 4.78 is 24.4. The molecule has 0 bridgehead atoms. The highest BCUT2D eigenvalue weighted by Crippen LogP contribution is 2.31. The van der Waals surface area contributed by atoms with E-state index in [0.717, 1.165) is 42.2 Å². The number of nitrogens with one attached hydrogen (secondary N) is 2. The Morgan fingerprint density at radius 1 is 1.08 bits per heavy atom. The molecule has 1 aliphatic rings. The lowest BCUT2D eigenvalue weighted by Gasteiger charge is -2.16. The summed E-state index contributed by atoms with van der Waals surface area (Å²) in [5.74, 6) is 0. The molecule has 1 heterocycles. The normalized spacial score (nSPS) is 14.8. The van der Waals surface area contributed by atoms with Crippen LogP contribution < -0.4 is 10.6 Å².